The van der Waals surface area contributed by atoms with Gasteiger partial charge in [-0.25, -0.2) is 0 Å². The minimum Gasteiger partial charge on any atom is -0.355 e. The first kappa shape index (κ1) is 17.1. The first-order valence-electron chi connectivity index (χ1n) is 7.93. The molecular weight excluding hydrogens is 342 g/mol. The lowest BCUT2D eigenvalue weighted by molar-refractivity contribution is -0.384. The molecule has 2 N–H and O–H groups in total. The smallest absolute Gasteiger partial charge is 0.269 e. The van der Waals surface area contributed by atoms with Gasteiger partial charge in [0.25, 0.3) is 17.5 Å². The lowest BCUT2D eigenvalue weighted by atomic mass is 9.95. The van der Waals surface area contributed by atoms with Crippen LogP contribution in [-0.4, -0.2) is 23.8 Å². The van der Waals surface area contributed by atoms with E-state index in [9.17, 15) is 19.7 Å². The third kappa shape index (κ3) is 3.39. The lowest BCUT2D eigenvalue weighted by Gasteiger charge is -2.12. The number of non-ortho nitro benzene ring substituents is 1. The summed E-state index contributed by atoms with van der Waals surface area (Å²) in [6.07, 6.45) is 3.86. The number of nitro benzene ring substituents is 1. The van der Waals surface area contributed by atoms with E-state index in [-0.39, 0.29) is 11.6 Å². The molecule has 0 radical (unpaired) electrons. The Morgan fingerprint density at radius 2 is 1.80 bits per heavy atom. The maximum atomic E-state index is 12.5. The van der Waals surface area contributed by atoms with Crippen molar-refractivity contribution in [3.63, 3.8) is 0 Å². The molecule has 0 unspecified atom stereocenters. The monoisotopic (exact) mass is 359 g/mol. The summed E-state index contributed by atoms with van der Waals surface area (Å²) >= 11 is 1.44. The molecule has 8 heteroatoms. The second kappa shape index (κ2) is 7.02. The Kier molecular flexibility index (Phi) is 4.80. The highest BCUT2D eigenvalue weighted by Gasteiger charge is 2.26. The molecule has 0 spiro atoms. The van der Waals surface area contributed by atoms with Gasteiger partial charge in [-0.1, -0.05) is 0 Å². The number of thiophene rings is 1. The molecule has 1 heterocycles. The van der Waals surface area contributed by atoms with Crippen molar-refractivity contribution < 1.29 is 14.5 Å². The highest BCUT2D eigenvalue weighted by atomic mass is 32.1. The van der Waals surface area contributed by atoms with Crippen LogP contribution < -0.4 is 10.6 Å². The Labute approximate surface area is 148 Å². The third-order valence-electron chi connectivity index (χ3n) is 4.19. The molecule has 0 aliphatic heterocycles. The Morgan fingerprint density at radius 3 is 2.44 bits per heavy atom. The van der Waals surface area contributed by atoms with Gasteiger partial charge in [0.15, 0.2) is 0 Å². The number of amides is 2. The Morgan fingerprint density at radius 1 is 1.12 bits per heavy atom. The molecule has 1 aromatic carbocycles. The summed E-state index contributed by atoms with van der Waals surface area (Å²) < 4.78 is 0. The van der Waals surface area contributed by atoms with Gasteiger partial charge >= 0.3 is 0 Å². The van der Waals surface area contributed by atoms with Crippen LogP contribution in [0, 0.1) is 10.1 Å². The van der Waals surface area contributed by atoms with Crippen molar-refractivity contribution in [2.75, 3.05) is 12.4 Å². The maximum absolute atomic E-state index is 12.5. The molecule has 1 aliphatic carbocycles. The predicted octanol–water partition coefficient (Wildman–Crippen LogP) is 3.15. The van der Waals surface area contributed by atoms with E-state index in [0.29, 0.717) is 16.1 Å². The zero-order valence-corrected chi connectivity index (χ0v) is 14.4. The van der Waals surface area contributed by atoms with Crippen LogP contribution in [0.15, 0.2) is 24.3 Å². The molecule has 1 aliphatic rings. The molecule has 130 valence electrons. The van der Waals surface area contributed by atoms with E-state index >= 15 is 0 Å². The lowest BCUT2D eigenvalue weighted by Crippen LogP contribution is -2.22. The van der Waals surface area contributed by atoms with Crippen molar-refractivity contribution in [1.29, 1.82) is 0 Å². The average Bonchev–Trinajstić information content (AvgIpc) is 2.98. The molecule has 0 atom stereocenters. The van der Waals surface area contributed by atoms with Crippen LogP contribution in [0.1, 0.15) is 44.0 Å². The van der Waals surface area contributed by atoms with Crippen LogP contribution in [0.25, 0.3) is 0 Å². The maximum Gasteiger partial charge on any atom is 0.269 e. The Balaban J connectivity index is 1.89. The van der Waals surface area contributed by atoms with E-state index in [0.717, 1.165) is 36.1 Å². The predicted molar refractivity (Wildman–Crippen MR) is 95.4 cm³/mol. The number of carbonyl (C=O) groups excluding carboxylic acids is 2. The van der Waals surface area contributed by atoms with E-state index in [1.54, 1.807) is 7.05 Å². The van der Waals surface area contributed by atoms with Crippen molar-refractivity contribution in [2.24, 2.45) is 0 Å². The van der Waals surface area contributed by atoms with E-state index < -0.39 is 10.8 Å². The fourth-order valence-electron chi connectivity index (χ4n) is 2.93. The van der Waals surface area contributed by atoms with Gasteiger partial charge in [-0.2, -0.15) is 0 Å². The highest BCUT2D eigenvalue weighted by molar-refractivity contribution is 7.17. The Hall–Kier alpha value is -2.74. The molecule has 1 aromatic heterocycles. The topological polar surface area (TPSA) is 101 Å². The normalized spacial score (nSPS) is 13.0. The second-order valence-electron chi connectivity index (χ2n) is 5.75. The van der Waals surface area contributed by atoms with Gasteiger partial charge in [-0.3, -0.25) is 19.7 Å². The molecule has 3 rings (SSSR count). The molecule has 25 heavy (non-hydrogen) atoms. The molecule has 0 saturated heterocycles. The number of nitrogens with one attached hydrogen (secondary N) is 2. The Bertz CT molecular complexity index is 842. The number of aryl methyl sites for hydroxylation is 1. The van der Waals surface area contributed by atoms with Crippen LogP contribution >= 0.6 is 11.3 Å². The standard InChI is InChI=1S/C17H17N3O4S/c1-18-16(22)14-12-4-2-3-5-13(12)25-17(14)19-15(21)10-6-8-11(9-7-10)20(23)24/h6-9H,2-5H2,1H3,(H,18,22)(H,19,21). The van der Waals surface area contributed by atoms with Gasteiger partial charge in [-0.15, -0.1) is 11.3 Å². The van der Waals surface area contributed by atoms with Gasteiger partial charge < -0.3 is 10.6 Å². The SMILES string of the molecule is CNC(=O)c1c(NC(=O)c2ccc([N+](=O)[O-])cc2)sc2c1CCCC2. The van der Waals surface area contributed by atoms with Crippen LogP contribution in [-0.2, 0) is 12.8 Å². The van der Waals surface area contributed by atoms with E-state index in [4.69, 9.17) is 0 Å². The molecular formula is C17H17N3O4S. The van der Waals surface area contributed by atoms with Crippen LogP contribution in [0.2, 0.25) is 0 Å². The largest absolute Gasteiger partial charge is 0.355 e. The average molecular weight is 359 g/mol. The molecule has 7 nitrogen and oxygen atoms in total. The van der Waals surface area contributed by atoms with Gasteiger partial charge in [0, 0.05) is 29.6 Å². The minimum absolute atomic E-state index is 0.0748. The summed E-state index contributed by atoms with van der Waals surface area (Å²) in [5, 5.41) is 16.7. The van der Waals surface area contributed by atoms with Crippen molar-refractivity contribution in [2.45, 2.75) is 25.7 Å². The van der Waals surface area contributed by atoms with Gasteiger partial charge in [0.2, 0.25) is 0 Å². The molecule has 0 bridgehead atoms. The van der Waals surface area contributed by atoms with Crippen LogP contribution in [0.5, 0.6) is 0 Å². The summed E-state index contributed by atoms with van der Waals surface area (Å²) in [7, 11) is 1.57. The van der Waals surface area contributed by atoms with Gasteiger partial charge in [-0.05, 0) is 43.4 Å². The summed E-state index contributed by atoms with van der Waals surface area (Å²) in [5.41, 5.74) is 1.79. The number of carbonyl (C=O) groups is 2. The molecule has 0 fully saturated rings. The number of nitro groups is 1. The number of rotatable bonds is 4. The van der Waals surface area contributed by atoms with Crippen LogP contribution in [0.4, 0.5) is 10.7 Å². The zero-order chi connectivity index (χ0) is 18.0. The third-order valence-corrected chi connectivity index (χ3v) is 5.40. The number of fused-ring (bicyclic) bond motifs is 1. The zero-order valence-electron chi connectivity index (χ0n) is 13.6. The van der Waals surface area contributed by atoms with Crippen molar-refractivity contribution in [3.8, 4) is 0 Å². The highest BCUT2D eigenvalue weighted by Crippen LogP contribution is 2.38. The van der Waals surface area contributed by atoms with E-state index in [1.807, 2.05) is 0 Å². The summed E-state index contributed by atoms with van der Waals surface area (Å²) in [5.74, 6) is -0.600. The van der Waals surface area contributed by atoms with E-state index in [1.165, 1.54) is 35.6 Å². The summed E-state index contributed by atoms with van der Waals surface area (Å²) in [4.78, 5) is 36.1. The quantitative estimate of drug-likeness (QED) is 0.647. The van der Waals surface area contributed by atoms with Gasteiger partial charge in [0.05, 0.1) is 10.5 Å². The fourth-order valence-corrected chi connectivity index (χ4v) is 4.21. The molecule has 0 saturated carbocycles. The fraction of sp³-hybridized carbons (Fsp3) is 0.294. The minimum atomic E-state index is -0.515. The van der Waals surface area contributed by atoms with E-state index in [2.05, 4.69) is 10.6 Å². The number of nitrogens with zero attached hydrogens (tertiary/aromatic N) is 1. The number of anilines is 1. The van der Waals surface area contributed by atoms with Crippen molar-refractivity contribution >= 4 is 33.8 Å². The second-order valence-corrected chi connectivity index (χ2v) is 6.86. The molecule has 2 amide bonds. The number of hydrogen-bond donors (Lipinski definition) is 2. The number of benzene rings is 1. The van der Waals surface area contributed by atoms with Crippen molar-refractivity contribution in [1.82, 2.24) is 5.32 Å². The first-order valence-corrected chi connectivity index (χ1v) is 8.75. The number of hydrogen-bond acceptors (Lipinski definition) is 5. The summed E-state index contributed by atoms with van der Waals surface area (Å²) in [6.45, 7) is 0. The first-order chi connectivity index (χ1) is 12.0. The van der Waals surface area contributed by atoms with Crippen LogP contribution in [0.3, 0.4) is 0 Å². The van der Waals surface area contributed by atoms with Crippen molar-refractivity contribution in [3.05, 3.63) is 55.9 Å². The van der Waals surface area contributed by atoms with Gasteiger partial charge in [0.1, 0.15) is 5.00 Å². The molecule has 2 aromatic rings. The summed E-state index contributed by atoms with van der Waals surface area (Å²) in [6, 6.07) is 5.38.